The number of anilines is 1. The van der Waals surface area contributed by atoms with Gasteiger partial charge in [0.1, 0.15) is 11.6 Å². The fourth-order valence-electron chi connectivity index (χ4n) is 4.48. The quantitative estimate of drug-likeness (QED) is 0.842. The minimum atomic E-state index is 0.0660. The molecule has 2 aliphatic heterocycles. The summed E-state index contributed by atoms with van der Waals surface area (Å²) in [5.74, 6) is 2.11. The van der Waals surface area contributed by atoms with E-state index >= 15 is 0 Å². The molecule has 1 aromatic heterocycles. The summed E-state index contributed by atoms with van der Waals surface area (Å²) in [5, 5.41) is 3.16. The van der Waals surface area contributed by atoms with Crippen molar-refractivity contribution < 1.29 is 9.53 Å². The lowest BCUT2D eigenvalue weighted by molar-refractivity contribution is -0.125. The normalized spacial score (nSPS) is 17.4. The molecule has 1 fully saturated rings. The largest absolute Gasteiger partial charge is 0.381 e. The van der Waals surface area contributed by atoms with E-state index in [0.29, 0.717) is 6.54 Å². The summed E-state index contributed by atoms with van der Waals surface area (Å²) in [6.07, 6.45) is 3.42. The van der Waals surface area contributed by atoms with Crippen LogP contribution in [0.5, 0.6) is 0 Å². The van der Waals surface area contributed by atoms with Gasteiger partial charge in [-0.2, -0.15) is 0 Å². The number of rotatable bonds is 4. The first kappa shape index (κ1) is 20.8. The lowest BCUT2D eigenvalue weighted by Gasteiger charge is -2.33. The summed E-state index contributed by atoms with van der Waals surface area (Å²) in [6, 6.07) is 6.39. The molecular formula is C24H32N4O2. The maximum atomic E-state index is 12.8. The highest BCUT2D eigenvalue weighted by Gasteiger charge is 2.28. The molecule has 6 nitrogen and oxygen atoms in total. The molecule has 30 heavy (non-hydrogen) atoms. The number of carbonyl (C=O) groups excluding carboxylic acids is 1. The maximum Gasteiger partial charge on any atom is 0.223 e. The van der Waals surface area contributed by atoms with Crippen molar-refractivity contribution in [2.45, 2.75) is 53.0 Å². The molecular weight excluding hydrogens is 376 g/mol. The number of nitrogens with one attached hydrogen (secondary N) is 1. The monoisotopic (exact) mass is 408 g/mol. The molecule has 0 saturated carbocycles. The van der Waals surface area contributed by atoms with E-state index in [4.69, 9.17) is 9.72 Å². The minimum Gasteiger partial charge on any atom is -0.381 e. The van der Waals surface area contributed by atoms with Gasteiger partial charge in [-0.1, -0.05) is 23.8 Å². The fourth-order valence-corrected chi connectivity index (χ4v) is 4.48. The molecule has 0 atom stereocenters. The van der Waals surface area contributed by atoms with E-state index in [-0.39, 0.29) is 11.8 Å². The van der Waals surface area contributed by atoms with Crippen molar-refractivity contribution in [1.82, 2.24) is 15.3 Å². The Labute approximate surface area is 179 Å². The number of aryl methyl sites for hydroxylation is 3. The second-order valence-electron chi connectivity index (χ2n) is 8.54. The third-order valence-electron chi connectivity index (χ3n) is 6.29. The molecule has 4 rings (SSSR count). The van der Waals surface area contributed by atoms with Gasteiger partial charge in [0.15, 0.2) is 0 Å². The standard InChI is InChI=1S/C24H32N4O2/c1-16-4-5-17(2)20(14-16)15-25-24(29)19-6-10-28(11-7-19)23-21-8-12-30-13-9-22(21)26-18(3)27-23/h4-5,14,19H,6-13,15H2,1-3H3,(H,25,29). The SMILES string of the molecule is Cc1ccc(C)c(CNC(=O)C2CCN(c3nc(C)nc4c3CCOCC4)CC2)c1. The van der Waals surface area contributed by atoms with Crippen LogP contribution < -0.4 is 10.2 Å². The van der Waals surface area contributed by atoms with E-state index < -0.39 is 0 Å². The van der Waals surface area contributed by atoms with Gasteiger partial charge in [-0.05, 0) is 44.7 Å². The zero-order valence-electron chi connectivity index (χ0n) is 18.3. The summed E-state index contributed by atoms with van der Waals surface area (Å²) in [7, 11) is 0. The lowest BCUT2D eigenvalue weighted by Crippen LogP contribution is -2.41. The summed E-state index contributed by atoms with van der Waals surface area (Å²) >= 11 is 0. The van der Waals surface area contributed by atoms with E-state index in [1.807, 2.05) is 6.92 Å². The zero-order chi connectivity index (χ0) is 21.1. The fraction of sp³-hybridized carbons (Fsp3) is 0.542. The summed E-state index contributed by atoms with van der Waals surface area (Å²) < 4.78 is 5.65. The molecule has 1 saturated heterocycles. The van der Waals surface area contributed by atoms with Crippen molar-refractivity contribution in [2.75, 3.05) is 31.2 Å². The average molecular weight is 409 g/mol. The van der Waals surface area contributed by atoms with E-state index in [1.54, 1.807) is 0 Å². The van der Waals surface area contributed by atoms with Gasteiger partial charge in [-0.15, -0.1) is 0 Å². The van der Waals surface area contributed by atoms with Crippen LogP contribution in [0.2, 0.25) is 0 Å². The summed E-state index contributed by atoms with van der Waals surface area (Å²) in [4.78, 5) is 24.5. The highest BCUT2D eigenvalue weighted by atomic mass is 16.5. The van der Waals surface area contributed by atoms with Crippen LogP contribution in [-0.4, -0.2) is 42.2 Å². The number of nitrogens with zero attached hydrogens (tertiary/aromatic N) is 3. The van der Waals surface area contributed by atoms with Gasteiger partial charge in [0.05, 0.1) is 18.9 Å². The molecule has 160 valence electrons. The van der Waals surface area contributed by atoms with Gasteiger partial charge in [0, 0.05) is 44.0 Å². The Morgan fingerprint density at radius 3 is 2.70 bits per heavy atom. The second-order valence-corrected chi connectivity index (χ2v) is 8.54. The Hall–Kier alpha value is -2.47. The highest BCUT2D eigenvalue weighted by Crippen LogP contribution is 2.28. The zero-order valence-corrected chi connectivity index (χ0v) is 18.3. The molecule has 1 amide bonds. The van der Waals surface area contributed by atoms with Gasteiger partial charge in [-0.25, -0.2) is 9.97 Å². The number of hydrogen-bond acceptors (Lipinski definition) is 5. The Morgan fingerprint density at radius 1 is 1.13 bits per heavy atom. The Kier molecular flexibility index (Phi) is 6.32. The molecule has 0 unspecified atom stereocenters. The first-order valence-electron chi connectivity index (χ1n) is 11.0. The number of benzene rings is 1. The Bertz CT molecular complexity index is 920. The average Bonchev–Trinajstić information content (AvgIpc) is 2.99. The van der Waals surface area contributed by atoms with Gasteiger partial charge in [0.2, 0.25) is 5.91 Å². The van der Waals surface area contributed by atoms with Crippen LogP contribution in [0.4, 0.5) is 5.82 Å². The molecule has 3 heterocycles. The molecule has 1 N–H and O–H groups in total. The second kappa shape index (κ2) is 9.13. The number of hydrogen-bond donors (Lipinski definition) is 1. The van der Waals surface area contributed by atoms with E-state index in [1.165, 1.54) is 22.3 Å². The number of fused-ring (bicyclic) bond motifs is 1. The van der Waals surface area contributed by atoms with Crippen LogP contribution in [0.3, 0.4) is 0 Å². The molecule has 0 bridgehead atoms. The molecule has 0 spiro atoms. The van der Waals surface area contributed by atoms with Crippen molar-refractivity contribution >= 4 is 11.7 Å². The molecule has 6 heteroatoms. The van der Waals surface area contributed by atoms with E-state index in [0.717, 1.165) is 69.3 Å². The predicted octanol–water partition coefficient (Wildman–Crippen LogP) is 3.05. The Morgan fingerprint density at radius 2 is 1.90 bits per heavy atom. The lowest BCUT2D eigenvalue weighted by atomic mass is 9.95. The topological polar surface area (TPSA) is 67.4 Å². The molecule has 1 aromatic carbocycles. The summed E-state index contributed by atoms with van der Waals surface area (Å²) in [5.41, 5.74) is 6.00. The number of amides is 1. The van der Waals surface area contributed by atoms with Crippen molar-refractivity contribution in [3.8, 4) is 0 Å². The first-order valence-corrected chi connectivity index (χ1v) is 11.0. The smallest absolute Gasteiger partial charge is 0.223 e. The number of aromatic nitrogens is 2. The van der Waals surface area contributed by atoms with Crippen LogP contribution >= 0.6 is 0 Å². The van der Waals surface area contributed by atoms with Crippen molar-refractivity contribution in [3.05, 3.63) is 52.0 Å². The van der Waals surface area contributed by atoms with Crippen LogP contribution in [0.25, 0.3) is 0 Å². The van der Waals surface area contributed by atoms with Crippen LogP contribution in [0, 0.1) is 26.7 Å². The van der Waals surface area contributed by atoms with Gasteiger partial charge >= 0.3 is 0 Å². The van der Waals surface area contributed by atoms with Crippen LogP contribution in [0.1, 0.15) is 46.6 Å². The number of ether oxygens (including phenoxy) is 1. The minimum absolute atomic E-state index is 0.0660. The van der Waals surface area contributed by atoms with Crippen LogP contribution in [0.15, 0.2) is 18.2 Å². The third-order valence-corrected chi connectivity index (χ3v) is 6.29. The summed E-state index contributed by atoms with van der Waals surface area (Å²) in [6.45, 7) is 9.90. The maximum absolute atomic E-state index is 12.8. The third kappa shape index (κ3) is 4.64. The molecule has 2 aromatic rings. The predicted molar refractivity (Wildman–Crippen MR) is 118 cm³/mol. The Balaban J connectivity index is 1.38. The highest BCUT2D eigenvalue weighted by molar-refractivity contribution is 5.79. The first-order chi connectivity index (χ1) is 14.5. The van der Waals surface area contributed by atoms with Gasteiger partial charge in [-0.3, -0.25) is 4.79 Å². The van der Waals surface area contributed by atoms with E-state index in [9.17, 15) is 4.79 Å². The number of carbonyl (C=O) groups is 1. The van der Waals surface area contributed by atoms with Crippen molar-refractivity contribution in [2.24, 2.45) is 5.92 Å². The number of piperidine rings is 1. The van der Waals surface area contributed by atoms with Crippen molar-refractivity contribution in [1.29, 1.82) is 0 Å². The molecule has 0 aliphatic carbocycles. The van der Waals surface area contributed by atoms with Gasteiger partial charge in [0.25, 0.3) is 0 Å². The van der Waals surface area contributed by atoms with Crippen molar-refractivity contribution in [3.63, 3.8) is 0 Å². The van der Waals surface area contributed by atoms with Crippen LogP contribution in [-0.2, 0) is 28.9 Å². The molecule has 0 radical (unpaired) electrons. The molecule has 2 aliphatic rings. The van der Waals surface area contributed by atoms with E-state index in [2.05, 4.69) is 47.2 Å². The van der Waals surface area contributed by atoms with Gasteiger partial charge < -0.3 is 15.0 Å².